The van der Waals surface area contributed by atoms with E-state index in [9.17, 15) is 14.4 Å². The highest BCUT2D eigenvalue weighted by atomic mass is 16.2. The van der Waals surface area contributed by atoms with Crippen LogP contribution in [0, 0.1) is 6.92 Å². The van der Waals surface area contributed by atoms with Gasteiger partial charge in [-0.3, -0.25) is 18.7 Å². The molecule has 0 bridgehead atoms. The predicted molar refractivity (Wildman–Crippen MR) is 99.1 cm³/mol. The second-order valence-electron chi connectivity index (χ2n) is 8.10. The summed E-state index contributed by atoms with van der Waals surface area (Å²) in [6, 6.07) is 0. The Kier molecular flexibility index (Phi) is 5.91. The van der Waals surface area contributed by atoms with E-state index in [0.29, 0.717) is 6.54 Å². The first-order valence-corrected chi connectivity index (χ1v) is 9.31. The van der Waals surface area contributed by atoms with Crippen molar-refractivity contribution in [2.45, 2.75) is 91.3 Å². The maximum absolute atomic E-state index is 12.8. The largest absolute Gasteiger partial charge is 0.350 e. The highest BCUT2D eigenvalue weighted by Crippen LogP contribution is 2.39. The Balaban J connectivity index is 2.42. The summed E-state index contributed by atoms with van der Waals surface area (Å²) in [5.41, 5.74) is 0.443. The number of unbranched alkanes of at least 4 members (excludes halogenated alkanes) is 2. The standard InChI is InChI=1S/C19H31N3O3/c1-6-7-8-11-21-13(2)16(14-9-10-14)17(24)22(18(21)25)12-15(23)20-19(3,4)5/h14H,6-12H2,1-5H3,(H,20,23). The number of aromatic nitrogens is 2. The highest BCUT2D eigenvalue weighted by Gasteiger charge is 2.31. The van der Waals surface area contributed by atoms with Crippen LogP contribution in [-0.2, 0) is 17.9 Å². The van der Waals surface area contributed by atoms with Gasteiger partial charge in [-0.15, -0.1) is 0 Å². The lowest BCUT2D eigenvalue weighted by atomic mass is 10.1. The minimum absolute atomic E-state index is 0.220. The van der Waals surface area contributed by atoms with Crippen molar-refractivity contribution in [1.29, 1.82) is 0 Å². The summed E-state index contributed by atoms with van der Waals surface area (Å²) in [6.07, 6.45) is 4.97. The second kappa shape index (κ2) is 7.58. The van der Waals surface area contributed by atoms with Gasteiger partial charge in [0.25, 0.3) is 5.56 Å². The Labute approximate surface area is 149 Å². The van der Waals surface area contributed by atoms with E-state index >= 15 is 0 Å². The van der Waals surface area contributed by atoms with Gasteiger partial charge in [-0.05, 0) is 52.9 Å². The van der Waals surface area contributed by atoms with Gasteiger partial charge in [-0.1, -0.05) is 19.8 Å². The molecule has 0 aromatic carbocycles. The Morgan fingerprint density at radius 3 is 2.32 bits per heavy atom. The molecule has 140 valence electrons. The Hall–Kier alpha value is -1.85. The number of carbonyl (C=O) groups excluding carboxylic acids is 1. The van der Waals surface area contributed by atoms with Gasteiger partial charge >= 0.3 is 5.69 Å². The molecule has 1 saturated carbocycles. The van der Waals surface area contributed by atoms with Crippen molar-refractivity contribution in [2.24, 2.45) is 0 Å². The quantitative estimate of drug-likeness (QED) is 0.768. The number of nitrogens with zero attached hydrogens (tertiary/aromatic N) is 2. The van der Waals surface area contributed by atoms with E-state index in [1.54, 1.807) is 4.57 Å². The van der Waals surface area contributed by atoms with Crippen LogP contribution in [0.3, 0.4) is 0 Å². The van der Waals surface area contributed by atoms with Crippen LogP contribution in [0.1, 0.15) is 77.0 Å². The second-order valence-corrected chi connectivity index (χ2v) is 8.10. The van der Waals surface area contributed by atoms with Gasteiger partial charge in [-0.25, -0.2) is 4.79 Å². The summed E-state index contributed by atoms with van der Waals surface area (Å²) in [6.45, 7) is 9.98. The molecule has 1 fully saturated rings. The lowest BCUT2D eigenvalue weighted by Gasteiger charge is -2.21. The van der Waals surface area contributed by atoms with Gasteiger partial charge < -0.3 is 5.32 Å². The van der Waals surface area contributed by atoms with Crippen molar-refractivity contribution in [1.82, 2.24) is 14.5 Å². The number of hydrogen-bond acceptors (Lipinski definition) is 3. The van der Waals surface area contributed by atoms with Crippen LogP contribution < -0.4 is 16.6 Å². The first-order chi connectivity index (χ1) is 11.7. The molecular formula is C19H31N3O3. The van der Waals surface area contributed by atoms with Gasteiger partial charge in [0.15, 0.2) is 0 Å². The van der Waals surface area contributed by atoms with Crippen LogP contribution >= 0.6 is 0 Å². The molecule has 6 heteroatoms. The molecule has 1 aliphatic carbocycles. The topological polar surface area (TPSA) is 73.1 Å². The Morgan fingerprint density at radius 1 is 1.16 bits per heavy atom. The van der Waals surface area contributed by atoms with Crippen molar-refractivity contribution in [2.75, 3.05) is 0 Å². The molecule has 2 rings (SSSR count). The molecule has 1 aromatic heterocycles. The lowest BCUT2D eigenvalue weighted by molar-refractivity contribution is -0.123. The first-order valence-electron chi connectivity index (χ1n) is 9.31. The summed E-state index contributed by atoms with van der Waals surface area (Å²) < 4.78 is 2.81. The SMILES string of the molecule is CCCCCn1c(C)c(C2CC2)c(=O)n(CC(=O)NC(C)(C)C)c1=O. The van der Waals surface area contributed by atoms with Gasteiger partial charge in [-0.2, -0.15) is 0 Å². The summed E-state index contributed by atoms with van der Waals surface area (Å²) >= 11 is 0. The maximum atomic E-state index is 12.8. The van der Waals surface area contributed by atoms with Crippen LogP contribution in [0.2, 0.25) is 0 Å². The first kappa shape index (κ1) is 19.5. The van der Waals surface area contributed by atoms with Crippen molar-refractivity contribution < 1.29 is 4.79 Å². The number of amides is 1. The molecule has 0 saturated heterocycles. The van der Waals surface area contributed by atoms with Crippen LogP contribution in [0.25, 0.3) is 0 Å². The maximum Gasteiger partial charge on any atom is 0.331 e. The molecule has 1 heterocycles. The van der Waals surface area contributed by atoms with E-state index in [4.69, 9.17) is 0 Å². The van der Waals surface area contributed by atoms with E-state index in [-0.39, 0.29) is 29.6 Å². The van der Waals surface area contributed by atoms with Gasteiger partial charge in [0.2, 0.25) is 5.91 Å². The minimum Gasteiger partial charge on any atom is -0.350 e. The monoisotopic (exact) mass is 349 g/mol. The Bertz CT molecular complexity index is 749. The molecule has 1 aromatic rings. The Morgan fingerprint density at radius 2 is 1.80 bits per heavy atom. The third-order valence-electron chi connectivity index (χ3n) is 4.52. The predicted octanol–water partition coefficient (Wildman–Crippen LogP) is 2.30. The van der Waals surface area contributed by atoms with E-state index < -0.39 is 5.54 Å². The normalized spacial score (nSPS) is 14.6. The third-order valence-corrected chi connectivity index (χ3v) is 4.52. The molecule has 1 amide bonds. The molecule has 0 radical (unpaired) electrons. The van der Waals surface area contributed by atoms with Crippen molar-refractivity contribution in [3.63, 3.8) is 0 Å². The number of rotatable bonds is 7. The number of hydrogen-bond donors (Lipinski definition) is 1. The average Bonchev–Trinajstić information content (AvgIpc) is 3.30. The van der Waals surface area contributed by atoms with E-state index in [0.717, 1.165) is 47.9 Å². The zero-order valence-corrected chi connectivity index (χ0v) is 16.1. The van der Waals surface area contributed by atoms with Crippen molar-refractivity contribution in [3.05, 3.63) is 32.1 Å². The summed E-state index contributed by atoms with van der Waals surface area (Å²) in [7, 11) is 0. The summed E-state index contributed by atoms with van der Waals surface area (Å²) in [4.78, 5) is 38.0. The highest BCUT2D eigenvalue weighted by molar-refractivity contribution is 5.76. The molecule has 0 atom stereocenters. The van der Waals surface area contributed by atoms with Gasteiger partial charge in [0.1, 0.15) is 6.54 Å². The fourth-order valence-corrected chi connectivity index (χ4v) is 3.19. The van der Waals surface area contributed by atoms with Gasteiger partial charge in [0.05, 0.1) is 0 Å². The molecule has 0 aliphatic heterocycles. The smallest absolute Gasteiger partial charge is 0.331 e. The van der Waals surface area contributed by atoms with E-state index in [1.807, 2.05) is 27.7 Å². The van der Waals surface area contributed by atoms with Crippen LogP contribution in [0.5, 0.6) is 0 Å². The third kappa shape index (κ3) is 4.83. The molecule has 1 N–H and O–H groups in total. The fourth-order valence-electron chi connectivity index (χ4n) is 3.19. The molecular weight excluding hydrogens is 318 g/mol. The molecule has 1 aliphatic rings. The molecule has 6 nitrogen and oxygen atoms in total. The number of carbonyl (C=O) groups is 1. The minimum atomic E-state index is -0.398. The molecule has 25 heavy (non-hydrogen) atoms. The summed E-state index contributed by atoms with van der Waals surface area (Å²) in [5, 5.41) is 2.83. The van der Waals surface area contributed by atoms with Crippen LogP contribution in [0.4, 0.5) is 0 Å². The van der Waals surface area contributed by atoms with Crippen molar-refractivity contribution >= 4 is 5.91 Å². The zero-order valence-electron chi connectivity index (χ0n) is 16.1. The number of nitrogens with one attached hydrogen (secondary N) is 1. The van der Waals surface area contributed by atoms with E-state index in [1.165, 1.54) is 0 Å². The molecule has 0 unspecified atom stereocenters. The van der Waals surface area contributed by atoms with Crippen LogP contribution in [-0.4, -0.2) is 20.6 Å². The molecule has 0 spiro atoms. The lowest BCUT2D eigenvalue weighted by Crippen LogP contribution is -2.49. The van der Waals surface area contributed by atoms with E-state index in [2.05, 4.69) is 12.2 Å². The summed E-state index contributed by atoms with van der Waals surface area (Å²) in [5.74, 6) is -0.0696. The van der Waals surface area contributed by atoms with Crippen molar-refractivity contribution in [3.8, 4) is 0 Å². The zero-order chi connectivity index (χ0) is 18.8. The fraction of sp³-hybridized carbons (Fsp3) is 0.737. The average molecular weight is 349 g/mol. The van der Waals surface area contributed by atoms with Crippen LogP contribution in [0.15, 0.2) is 9.59 Å². The van der Waals surface area contributed by atoms with Gasteiger partial charge in [0, 0.05) is 23.3 Å².